The van der Waals surface area contributed by atoms with Gasteiger partial charge in [0.25, 0.3) is 0 Å². The number of halogens is 1. The number of hydrogen-bond acceptors (Lipinski definition) is 4. The fraction of sp³-hybridized carbons (Fsp3) is 0.500. The van der Waals surface area contributed by atoms with E-state index >= 15 is 0 Å². The first-order valence-electron chi connectivity index (χ1n) is 5.85. The van der Waals surface area contributed by atoms with E-state index in [4.69, 9.17) is 21.1 Å². The summed E-state index contributed by atoms with van der Waals surface area (Å²) in [6, 6.07) is 3.24. The summed E-state index contributed by atoms with van der Waals surface area (Å²) in [7, 11) is -0.478. The number of sulfonamides is 1. The molecule has 0 amide bonds. The highest BCUT2D eigenvalue weighted by Gasteiger charge is 2.32. The standard InChI is InChI=1S/C12H16ClNO4S/c1-17-10-7-9-3-5-14(6-4-13)19(15,16)12(9)8-11(10)18-2/h7-8H,3-6H2,1-2H3. The average molecular weight is 306 g/mol. The normalized spacial score (nSPS) is 17.8. The zero-order chi connectivity index (χ0) is 14.0. The Labute approximate surface area is 118 Å². The second-order valence-corrected chi connectivity index (χ2v) is 6.44. The Morgan fingerprint density at radius 3 is 2.47 bits per heavy atom. The van der Waals surface area contributed by atoms with Crippen LogP contribution in [-0.2, 0) is 16.4 Å². The summed E-state index contributed by atoms with van der Waals surface area (Å²) >= 11 is 5.64. The monoisotopic (exact) mass is 305 g/mol. The van der Waals surface area contributed by atoms with Gasteiger partial charge in [-0.1, -0.05) is 0 Å². The van der Waals surface area contributed by atoms with Gasteiger partial charge in [0, 0.05) is 25.0 Å². The van der Waals surface area contributed by atoms with Crippen LogP contribution in [-0.4, -0.2) is 45.9 Å². The Hall–Kier alpha value is -0.980. The van der Waals surface area contributed by atoms with Crippen molar-refractivity contribution in [1.82, 2.24) is 4.31 Å². The third kappa shape index (κ3) is 2.52. The maximum Gasteiger partial charge on any atom is 0.243 e. The van der Waals surface area contributed by atoms with Crippen LogP contribution < -0.4 is 9.47 Å². The number of hydrogen-bond donors (Lipinski definition) is 0. The van der Waals surface area contributed by atoms with Crippen molar-refractivity contribution in [1.29, 1.82) is 0 Å². The van der Waals surface area contributed by atoms with Gasteiger partial charge in [-0.05, 0) is 18.1 Å². The van der Waals surface area contributed by atoms with Gasteiger partial charge < -0.3 is 9.47 Å². The molecule has 0 radical (unpaired) electrons. The molecule has 106 valence electrons. The zero-order valence-corrected chi connectivity index (χ0v) is 12.4. The minimum Gasteiger partial charge on any atom is -0.493 e. The van der Waals surface area contributed by atoms with Gasteiger partial charge in [-0.25, -0.2) is 8.42 Å². The summed E-state index contributed by atoms with van der Waals surface area (Å²) in [5, 5.41) is 0. The fourth-order valence-electron chi connectivity index (χ4n) is 2.17. The maximum atomic E-state index is 12.4. The van der Waals surface area contributed by atoms with E-state index in [0.29, 0.717) is 31.0 Å². The van der Waals surface area contributed by atoms with Gasteiger partial charge in [0.2, 0.25) is 10.0 Å². The van der Waals surface area contributed by atoms with Crippen LogP contribution in [0, 0.1) is 0 Å². The van der Waals surface area contributed by atoms with E-state index in [1.54, 1.807) is 6.07 Å². The zero-order valence-electron chi connectivity index (χ0n) is 10.8. The molecule has 1 aromatic rings. The number of rotatable bonds is 4. The largest absolute Gasteiger partial charge is 0.493 e. The van der Waals surface area contributed by atoms with Crippen LogP contribution in [0.1, 0.15) is 5.56 Å². The molecule has 0 unspecified atom stereocenters. The molecular weight excluding hydrogens is 290 g/mol. The number of fused-ring (bicyclic) bond motifs is 1. The summed E-state index contributed by atoms with van der Waals surface area (Å²) in [6.07, 6.45) is 0.645. The molecule has 7 heteroatoms. The van der Waals surface area contributed by atoms with Crippen LogP contribution in [0.3, 0.4) is 0 Å². The van der Waals surface area contributed by atoms with Gasteiger partial charge in [-0.2, -0.15) is 4.31 Å². The molecule has 0 aromatic heterocycles. The van der Waals surface area contributed by atoms with E-state index in [-0.39, 0.29) is 10.8 Å². The Morgan fingerprint density at radius 2 is 1.89 bits per heavy atom. The molecular formula is C12H16ClNO4S. The summed E-state index contributed by atoms with van der Waals surface area (Å²) in [6.45, 7) is 0.759. The van der Waals surface area contributed by atoms with Crippen LogP contribution in [0.25, 0.3) is 0 Å². The van der Waals surface area contributed by atoms with Gasteiger partial charge in [0.1, 0.15) is 0 Å². The fourth-order valence-corrected chi connectivity index (χ4v) is 4.16. The number of methoxy groups -OCH3 is 2. The number of alkyl halides is 1. The second kappa shape index (κ2) is 5.56. The number of benzene rings is 1. The van der Waals surface area contributed by atoms with E-state index < -0.39 is 10.0 Å². The van der Waals surface area contributed by atoms with Crippen molar-refractivity contribution in [3.8, 4) is 11.5 Å². The third-order valence-corrected chi connectivity index (χ3v) is 5.30. The molecule has 1 aliphatic heterocycles. The van der Waals surface area contributed by atoms with Gasteiger partial charge in [0.05, 0.1) is 19.1 Å². The van der Waals surface area contributed by atoms with Crippen molar-refractivity contribution in [2.45, 2.75) is 11.3 Å². The molecule has 0 N–H and O–H groups in total. The molecule has 0 saturated carbocycles. The molecule has 1 aromatic carbocycles. The van der Waals surface area contributed by atoms with Crippen molar-refractivity contribution in [2.24, 2.45) is 0 Å². The van der Waals surface area contributed by atoms with Crippen LogP contribution in [0.2, 0.25) is 0 Å². The molecule has 2 rings (SSSR count). The van der Waals surface area contributed by atoms with Crippen molar-refractivity contribution >= 4 is 21.6 Å². The third-order valence-electron chi connectivity index (χ3n) is 3.15. The average Bonchev–Trinajstić information content (AvgIpc) is 2.41. The van der Waals surface area contributed by atoms with Crippen LogP contribution in [0.15, 0.2) is 17.0 Å². The summed E-state index contributed by atoms with van der Waals surface area (Å²) < 4.78 is 36.6. The van der Waals surface area contributed by atoms with Crippen molar-refractivity contribution in [3.05, 3.63) is 17.7 Å². The highest BCUT2D eigenvalue weighted by Crippen LogP contribution is 2.36. The maximum absolute atomic E-state index is 12.4. The molecule has 0 atom stereocenters. The number of nitrogens with zero attached hydrogens (tertiary/aromatic N) is 1. The SMILES string of the molecule is COc1cc2c(cc1OC)S(=O)(=O)N(CCCl)CC2. The highest BCUT2D eigenvalue weighted by atomic mass is 35.5. The molecule has 0 aliphatic carbocycles. The predicted molar refractivity (Wildman–Crippen MR) is 72.7 cm³/mol. The molecule has 1 heterocycles. The van der Waals surface area contributed by atoms with E-state index in [1.807, 2.05) is 0 Å². The minimum absolute atomic E-state index is 0.279. The topological polar surface area (TPSA) is 55.8 Å². The van der Waals surface area contributed by atoms with Crippen LogP contribution in [0.5, 0.6) is 11.5 Å². The van der Waals surface area contributed by atoms with E-state index in [2.05, 4.69) is 0 Å². The summed E-state index contributed by atoms with van der Waals surface area (Å²) in [5.41, 5.74) is 0.753. The van der Waals surface area contributed by atoms with Gasteiger partial charge in [0.15, 0.2) is 11.5 Å². The second-order valence-electron chi connectivity index (χ2n) is 4.16. The first-order chi connectivity index (χ1) is 9.04. The first kappa shape index (κ1) is 14.4. The molecule has 0 fully saturated rings. The van der Waals surface area contributed by atoms with E-state index in [0.717, 1.165) is 5.56 Å². The van der Waals surface area contributed by atoms with Crippen molar-refractivity contribution < 1.29 is 17.9 Å². The van der Waals surface area contributed by atoms with Gasteiger partial charge in [-0.3, -0.25) is 0 Å². The van der Waals surface area contributed by atoms with Crippen molar-refractivity contribution in [3.63, 3.8) is 0 Å². The molecule has 1 aliphatic rings. The van der Waals surface area contributed by atoms with E-state index in [9.17, 15) is 8.42 Å². The lowest BCUT2D eigenvalue weighted by Crippen LogP contribution is -2.38. The Bertz CT molecular complexity index is 573. The lowest BCUT2D eigenvalue weighted by molar-refractivity contribution is 0.351. The molecule has 0 spiro atoms. The number of ether oxygens (including phenoxy) is 2. The summed E-state index contributed by atoms with van der Waals surface area (Å²) in [4.78, 5) is 0.279. The smallest absolute Gasteiger partial charge is 0.243 e. The molecule has 5 nitrogen and oxygen atoms in total. The molecule has 0 bridgehead atoms. The van der Waals surface area contributed by atoms with E-state index in [1.165, 1.54) is 24.6 Å². The lowest BCUT2D eigenvalue weighted by atomic mass is 10.1. The highest BCUT2D eigenvalue weighted by molar-refractivity contribution is 7.89. The van der Waals surface area contributed by atoms with Crippen molar-refractivity contribution in [2.75, 3.05) is 33.2 Å². The Kier molecular flexibility index (Phi) is 4.23. The first-order valence-corrected chi connectivity index (χ1v) is 7.83. The van der Waals surface area contributed by atoms with Crippen LogP contribution in [0.4, 0.5) is 0 Å². The Balaban J connectivity index is 2.53. The molecule has 19 heavy (non-hydrogen) atoms. The quantitative estimate of drug-likeness (QED) is 0.791. The minimum atomic E-state index is -3.49. The summed E-state index contributed by atoms with van der Waals surface area (Å²) in [5.74, 6) is 1.24. The Morgan fingerprint density at radius 1 is 1.26 bits per heavy atom. The van der Waals surface area contributed by atoms with Crippen LogP contribution >= 0.6 is 11.6 Å². The van der Waals surface area contributed by atoms with Gasteiger partial charge in [-0.15, -0.1) is 11.6 Å². The predicted octanol–water partition coefficient (Wildman–Crippen LogP) is 1.49. The molecule has 0 saturated heterocycles. The lowest BCUT2D eigenvalue weighted by Gasteiger charge is -2.28. The van der Waals surface area contributed by atoms with Gasteiger partial charge >= 0.3 is 0 Å².